The number of aromatic nitrogens is 2. The number of nitrogens with zero attached hydrogens (tertiary/aromatic N) is 3. The first-order valence-electron chi connectivity index (χ1n) is 5.33. The summed E-state index contributed by atoms with van der Waals surface area (Å²) in [4.78, 5) is 4.28. The summed E-state index contributed by atoms with van der Waals surface area (Å²) in [6.45, 7) is 3.04. The highest BCUT2D eigenvalue weighted by atomic mass is 15.1. The summed E-state index contributed by atoms with van der Waals surface area (Å²) in [6.07, 6.45) is 6.42. The van der Waals surface area contributed by atoms with Crippen molar-refractivity contribution in [2.24, 2.45) is 7.05 Å². The SMILES string of the molecule is CC(NCCCCC#N)c1nccn1C. The molecule has 0 aliphatic heterocycles. The molecule has 0 aliphatic carbocycles. The Kier molecular flexibility index (Phi) is 4.85. The Bertz CT molecular complexity index is 324. The van der Waals surface area contributed by atoms with Crippen LogP contribution in [-0.4, -0.2) is 16.1 Å². The monoisotopic (exact) mass is 206 g/mol. The number of aryl methyl sites for hydroxylation is 1. The topological polar surface area (TPSA) is 53.6 Å². The molecule has 1 N–H and O–H groups in total. The first kappa shape index (κ1) is 11.7. The van der Waals surface area contributed by atoms with Gasteiger partial charge in [-0.1, -0.05) is 0 Å². The molecule has 0 saturated heterocycles. The number of unbranched alkanes of at least 4 members (excludes halogenated alkanes) is 2. The van der Waals surface area contributed by atoms with Crippen LogP contribution >= 0.6 is 0 Å². The minimum Gasteiger partial charge on any atom is -0.337 e. The van der Waals surface area contributed by atoms with Gasteiger partial charge < -0.3 is 9.88 Å². The van der Waals surface area contributed by atoms with Crippen molar-refractivity contribution >= 4 is 0 Å². The normalized spacial score (nSPS) is 12.3. The minimum atomic E-state index is 0.270. The van der Waals surface area contributed by atoms with Gasteiger partial charge in [-0.3, -0.25) is 0 Å². The van der Waals surface area contributed by atoms with Gasteiger partial charge in [-0.25, -0.2) is 4.98 Å². The molecule has 0 saturated carbocycles. The van der Waals surface area contributed by atoms with Gasteiger partial charge in [0, 0.05) is 25.9 Å². The Morgan fingerprint density at radius 3 is 3.00 bits per heavy atom. The first-order valence-corrected chi connectivity index (χ1v) is 5.33. The maximum Gasteiger partial charge on any atom is 0.125 e. The molecule has 1 unspecified atom stereocenters. The van der Waals surface area contributed by atoms with Crippen molar-refractivity contribution in [3.63, 3.8) is 0 Å². The summed E-state index contributed by atoms with van der Waals surface area (Å²) in [6, 6.07) is 2.42. The summed E-state index contributed by atoms with van der Waals surface area (Å²) in [5.41, 5.74) is 0. The largest absolute Gasteiger partial charge is 0.337 e. The van der Waals surface area contributed by atoms with Crippen LogP contribution in [0.25, 0.3) is 0 Å². The van der Waals surface area contributed by atoms with Gasteiger partial charge in [-0.15, -0.1) is 0 Å². The second-order valence-electron chi connectivity index (χ2n) is 3.69. The van der Waals surface area contributed by atoms with E-state index in [0.29, 0.717) is 6.42 Å². The Morgan fingerprint density at radius 1 is 1.60 bits per heavy atom. The van der Waals surface area contributed by atoms with E-state index >= 15 is 0 Å². The van der Waals surface area contributed by atoms with E-state index in [9.17, 15) is 0 Å². The minimum absolute atomic E-state index is 0.270. The molecule has 4 heteroatoms. The van der Waals surface area contributed by atoms with Crippen LogP contribution in [0.4, 0.5) is 0 Å². The van der Waals surface area contributed by atoms with Gasteiger partial charge in [-0.2, -0.15) is 5.26 Å². The highest BCUT2D eigenvalue weighted by molar-refractivity contribution is 4.96. The van der Waals surface area contributed by atoms with Gasteiger partial charge in [0.2, 0.25) is 0 Å². The lowest BCUT2D eigenvalue weighted by Gasteiger charge is -2.13. The van der Waals surface area contributed by atoms with Gasteiger partial charge in [-0.05, 0) is 26.3 Å². The van der Waals surface area contributed by atoms with E-state index in [2.05, 4.69) is 23.3 Å². The maximum absolute atomic E-state index is 8.38. The van der Waals surface area contributed by atoms with Crippen LogP contribution in [0.15, 0.2) is 12.4 Å². The van der Waals surface area contributed by atoms with Crippen molar-refractivity contribution in [2.45, 2.75) is 32.2 Å². The summed E-state index contributed by atoms with van der Waals surface area (Å²) >= 11 is 0. The fraction of sp³-hybridized carbons (Fsp3) is 0.636. The zero-order valence-corrected chi connectivity index (χ0v) is 9.40. The molecule has 0 fully saturated rings. The number of hydrogen-bond donors (Lipinski definition) is 1. The molecule has 1 aromatic rings. The van der Waals surface area contributed by atoms with Crippen LogP contribution in [0.3, 0.4) is 0 Å². The molecule has 1 atom stereocenters. The second-order valence-corrected chi connectivity index (χ2v) is 3.69. The quantitative estimate of drug-likeness (QED) is 0.722. The zero-order chi connectivity index (χ0) is 11.1. The van der Waals surface area contributed by atoms with Crippen molar-refractivity contribution in [1.29, 1.82) is 5.26 Å². The smallest absolute Gasteiger partial charge is 0.125 e. The van der Waals surface area contributed by atoms with Gasteiger partial charge >= 0.3 is 0 Å². The van der Waals surface area contributed by atoms with Crippen molar-refractivity contribution in [3.8, 4) is 6.07 Å². The third kappa shape index (κ3) is 3.72. The summed E-state index contributed by atoms with van der Waals surface area (Å²) < 4.78 is 2.02. The number of imidazole rings is 1. The Morgan fingerprint density at radius 2 is 2.40 bits per heavy atom. The second kappa shape index (κ2) is 6.20. The zero-order valence-electron chi connectivity index (χ0n) is 9.40. The fourth-order valence-corrected chi connectivity index (χ4v) is 1.53. The van der Waals surface area contributed by atoms with Gasteiger partial charge in [0.1, 0.15) is 5.82 Å². The molecule has 0 bridgehead atoms. The lowest BCUT2D eigenvalue weighted by atomic mass is 10.2. The number of rotatable bonds is 6. The fourth-order valence-electron chi connectivity index (χ4n) is 1.53. The lowest BCUT2D eigenvalue weighted by Crippen LogP contribution is -2.22. The molecule has 1 aromatic heterocycles. The molecular formula is C11H18N4. The molecule has 0 amide bonds. The molecule has 0 aromatic carbocycles. The Hall–Kier alpha value is -1.34. The van der Waals surface area contributed by atoms with E-state index in [1.54, 1.807) is 0 Å². The maximum atomic E-state index is 8.38. The van der Waals surface area contributed by atoms with Crippen molar-refractivity contribution in [1.82, 2.24) is 14.9 Å². The van der Waals surface area contributed by atoms with Gasteiger partial charge in [0.25, 0.3) is 0 Å². The molecule has 0 aliphatic rings. The molecule has 1 heterocycles. The standard InChI is InChI=1S/C11H18N4/c1-10(11-14-8-9-15(11)2)13-7-5-3-4-6-12/h8-10,13H,3-5,7H2,1-2H3. The molecule has 0 spiro atoms. The number of hydrogen-bond acceptors (Lipinski definition) is 3. The predicted molar refractivity (Wildman–Crippen MR) is 59.1 cm³/mol. The van der Waals surface area contributed by atoms with E-state index < -0.39 is 0 Å². The molecule has 15 heavy (non-hydrogen) atoms. The summed E-state index contributed by atoms with van der Waals surface area (Å²) in [5, 5.41) is 11.8. The summed E-state index contributed by atoms with van der Waals surface area (Å²) in [5.74, 6) is 1.05. The van der Waals surface area contributed by atoms with Crippen LogP contribution < -0.4 is 5.32 Å². The lowest BCUT2D eigenvalue weighted by molar-refractivity contribution is 0.514. The van der Waals surface area contributed by atoms with Crippen molar-refractivity contribution < 1.29 is 0 Å². The average molecular weight is 206 g/mol. The van der Waals surface area contributed by atoms with Gasteiger partial charge in [0.15, 0.2) is 0 Å². The predicted octanol–water partition coefficient (Wildman–Crippen LogP) is 1.76. The molecular weight excluding hydrogens is 188 g/mol. The van der Waals surface area contributed by atoms with E-state index in [0.717, 1.165) is 25.2 Å². The van der Waals surface area contributed by atoms with Crippen LogP contribution in [-0.2, 0) is 7.05 Å². The van der Waals surface area contributed by atoms with E-state index in [4.69, 9.17) is 5.26 Å². The Balaban J connectivity index is 2.23. The van der Waals surface area contributed by atoms with E-state index in [1.807, 2.05) is 24.0 Å². The average Bonchev–Trinajstić information content (AvgIpc) is 2.64. The molecule has 0 radical (unpaired) electrons. The van der Waals surface area contributed by atoms with Crippen LogP contribution in [0, 0.1) is 11.3 Å². The number of nitrogens with one attached hydrogen (secondary N) is 1. The van der Waals surface area contributed by atoms with Crippen LogP contribution in [0.5, 0.6) is 0 Å². The number of nitriles is 1. The Labute approximate surface area is 90.9 Å². The molecule has 82 valence electrons. The van der Waals surface area contributed by atoms with Crippen LogP contribution in [0.1, 0.15) is 38.1 Å². The highest BCUT2D eigenvalue weighted by Crippen LogP contribution is 2.08. The van der Waals surface area contributed by atoms with Crippen molar-refractivity contribution in [2.75, 3.05) is 6.54 Å². The van der Waals surface area contributed by atoms with E-state index in [1.165, 1.54) is 0 Å². The molecule has 1 rings (SSSR count). The molecule has 4 nitrogen and oxygen atoms in total. The van der Waals surface area contributed by atoms with Gasteiger partial charge in [0.05, 0.1) is 12.1 Å². The van der Waals surface area contributed by atoms with Crippen molar-refractivity contribution in [3.05, 3.63) is 18.2 Å². The van der Waals surface area contributed by atoms with Crippen LogP contribution in [0.2, 0.25) is 0 Å². The summed E-state index contributed by atoms with van der Waals surface area (Å²) in [7, 11) is 2.00. The third-order valence-electron chi connectivity index (χ3n) is 2.41. The highest BCUT2D eigenvalue weighted by Gasteiger charge is 2.08. The first-order chi connectivity index (χ1) is 7.25. The third-order valence-corrected chi connectivity index (χ3v) is 2.41. The van der Waals surface area contributed by atoms with E-state index in [-0.39, 0.29) is 6.04 Å².